The van der Waals surface area contributed by atoms with Crippen LogP contribution in [0.1, 0.15) is 19.8 Å². The fourth-order valence-corrected chi connectivity index (χ4v) is 5.17. The van der Waals surface area contributed by atoms with Crippen LogP contribution in [0.4, 0.5) is 5.95 Å². The number of H-pyrrole nitrogens is 1. The third-order valence-corrected chi connectivity index (χ3v) is 6.74. The number of fused-ring (bicyclic) bond motifs is 1. The molecule has 9 nitrogen and oxygen atoms in total. The Morgan fingerprint density at radius 1 is 1.21 bits per heavy atom. The van der Waals surface area contributed by atoms with E-state index in [1.807, 2.05) is 42.2 Å². The molecule has 0 spiro atoms. The van der Waals surface area contributed by atoms with Crippen LogP contribution in [-0.4, -0.2) is 64.4 Å². The van der Waals surface area contributed by atoms with Crippen molar-refractivity contribution < 1.29 is 8.42 Å². The minimum atomic E-state index is -3.23. The standard InChI is InChI=1S/C19H24N6O3S/c1-3-24(29(2,27)28)14-9-11-23(12-10-14)19-21-17-16(18(26)22-19)13-20-25(17)15-7-5-4-6-8-15/h4-8,13-14H,3,9-12H2,1-2H3,(H,21,22,26). The van der Waals surface area contributed by atoms with Crippen molar-refractivity contribution in [1.82, 2.24) is 24.1 Å². The number of piperidine rings is 1. The lowest BCUT2D eigenvalue weighted by Crippen LogP contribution is -2.47. The summed E-state index contributed by atoms with van der Waals surface area (Å²) < 4.78 is 27.2. The number of rotatable bonds is 5. The molecule has 154 valence electrons. The molecule has 0 radical (unpaired) electrons. The van der Waals surface area contributed by atoms with Crippen molar-refractivity contribution in [3.8, 4) is 5.69 Å². The van der Waals surface area contributed by atoms with Gasteiger partial charge in [-0.25, -0.2) is 13.1 Å². The van der Waals surface area contributed by atoms with Gasteiger partial charge in [-0.3, -0.25) is 9.78 Å². The van der Waals surface area contributed by atoms with Gasteiger partial charge in [-0.05, 0) is 25.0 Å². The second kappa shape index (κ2) is 7.60. The summed E-state index contributed by atoms with van der Waals surface area (Å²) in [7, 11) is -3.23. The van der Waals surface area contributed by atoms with E-state index in [2.05, 4.69) is 15.1 Å². The van der Waals surface area contributed by atoms with Gasteiger partial charge in [0.05, 0.1) is 18.1 Å². The summed E-state index contributed by atoms with van der Waals surface area (Å²) in [4.78, 5) is 22.1. The molecule has 2 aromatic heterocycles. The van der Waals surface area contributed by atoms with Crippen LogP contribution in [0.5, 0.6) is 0 Å². The van der Waals surface area contributed by atoms with Crippen LogP contribution in [0, 0.1) is 0 Å². The van der Waals surface area contributed by atoms with Crippen molar-refractivity contribution in [2.75, 3.05) is 30.8 Å². The first-order valence-corrected chi connectivity index (χ1v) is 11.5. The Morgan fingerprint density at radius 3 is 2.52 bits per heavy atom. The summed E-state index contributed by atoms with van der Waals surface area (Å²) >= 11 is 0. The van der Waals surface area contributed by atoms with Crippen LogP contribution >= 0.6 is 0 Å². The van der Waals surface area contributed by atoms with Crippen molar-refractivity contribution in [2.45, 2.75) is 25.8 Å². The van der Waals surface area contributed by atoms with E-state index in [1.165, 1.54) is 12.5 Å². The lowest BCUT2D eigenvalue weighted by Gasteiger charge is -2.37. The number of benzene rings is 1. The highest BCUT2D eigenvalue weighted by atomic mass is 32.2. The molecular formula is C19H24N6O3S. The van der Waals surface area contributed by atoms with Crippen molar-refractivity contribution in [2.24, 2.45) is 0 Å². The summed E-state index contributed by atoms with van der Waals surface area (Å²) in [5.74, 6) is 0.487. The highest BCUT2D eigenvalue weighted by Gasteiger charge is 2.30. The number of para-hydroxylation sites is 1. The van der Waals surface area contributed by atoms with Crippen molar-refractivity contribution in [1.29, 1.82) is 0 Å². The minimum absolute atomic E-state index is 0.0310. The van der Waals surface area contributed by atoms with E-state index in [0.29, 0.717) is 49.5 Å². The van der Waals surface area contributed by atoms with E-state index in [4.69, 9.17) is 0 Å². The largest absolute Gasteiger partial charge is 0.342 e. The Morgan fingerprint density at radius 2 is 1.90 bits per heavy atom. The lowest BCUT2D eigenvalue weighted by molar-refractivity contribution is 0.284. The third-order valence-electron chi connectivity index (χ3n) is 5.34. The van der Waals surface area contributed by atoms with Crippen molar-refractivity contribution in [3.63, 3.8) is 0 Å². The molecular weight excluding hydrogens is 392 g/mol. The fraction of sp³-hybridized carbons (Fsp3) is 0.421. The highest BCUT2D eigenvalue weighted by molar-refractivity contribution is 7.88. The average Bonchev–Trinajstić information content (AvgIpc) is 3.13. The molecule has 0 saturated carbocycles. The van der Waals surface area contributed by atoms with E-state index in [0.717, 1.165) is 5.69 Å². The number of nitrogens with zero attached hydrogens (tertiary/aromatic N) is 5. The van der Waals surface area contributed by atoms with Gasteiger partial charge in [-0.2, -0.15) is 14.4 Å². The van der Waals surface area contributed by atoms with Gasteiger partial charge < -0.3 is 4.90 Å². The molecule has 0 atom stereocenters. The van der Waals surface area contributed by atoms with Gasteiger partial charge in [-0.15, -0.1) is 0 Å². The Bertz CT molecular complexity index is 1160. The SMILES string of the molecule is CCN(C1CCN(c2nc3c(cnn3-c3ccccc3)c(=O)[nH]2)CC1)S(C)(=O)=O. The first kappa shape index (κ1) is 19.6. The molecule has 1 N–H and O–H groups in total. The van der Waals surface area contributed by atoms with Gasteiger partial charge in [0.15, 0.2) is 5.65 Å². The minimum Gasteiger partial charge on any atom is -0.342 e. The predicted molar refractivity (Wildman–Crippen MR) is 112 cm³/mol. The molecule has 3 aromatic rings. The van der Waals surface area contributed by atoms with Crippen LogP contribution in [0.2, 0.25) is 0 Å². The second-order valence-corrected chi connectivity index (χ2v) is 9.14. The van der Waals surface area contributed by atoms with Gasteiger partial charge >= 0.3 is 0 Å². The molecule has 1 aromatic carbocycles. The van der Waals surface area contributed by atoms with Crippen LogP contribution in [0.15, 0.2) is 41.3 Å². The molecule has 0 aliphatic carbocycles. The van der Waals surface area contributed by atoms with Crippen LogP contribution in [0.25, 0.3) is 16.7 Å². The van der Waals surface area contributed by atoms with Gasteiger partial charge in [-0.1, -0.05) is 25.1 Å². The molecule has 10 heteroatoms. The third kappa shape index (κ3) is 3.77. The summed E-state index contributed by atoms with van der Waals surface area (Å²) in [6, 6.07) is 9.51. The molecule has 29 heavy (non-hydrogen) atoms. The number of sulfonamides is 1. The molecule has 1 aliphatic rings. The molecule has 1 saturated heterocycles. The summed E-state index contributed by atoms with van der Waals surface area (Å²) in [6.45, 7) is 3.54. The van der Waals surface area contributed by atoms with Gasteiger partial charge in [0.1, 0.15) is 5.39 Å². The monoisotopic (exact) mass is 416 g/mol. The smallest absolute Gasteiger partial charge is 0.263 e. The van der Waals surface area contributed by atoms with Crippen molar-refractivity contribution in [3.05, 3.63) is 46.9 Å². The average molecular weight is 417 g/mol. The van der Waals surface area contributed by atoms with E-state index in [1.54, 1.807) is 8.99 Å². The lowest BCUT2D eigenvalue weighted by atomic mass is 10.1. The molecule has 3 heterocycles. The Labute approximate surface area is 169 Å². The Balaban J connectivity index is 1.62. The number of anilines is 1. The predicted octanol–water partition coefficient (Wildman–Crippen LogP) is 1.36. The van der Waals surface area contributed by atoms with Crippen LogP contribution < -0.4 is 10.5 Å². The van der Waals surface area contributed by atoms with Gasteiger partial charge in [0, 0.05) is 25.7 Å². The maximum Gasteiger partial charge on any atom is 0.263 e. The number of hydrogen-bond donors (Lipinski definition) is 1. The van der Waals surface area contributed by atoms with E-state index in [-0.39, 0.29) is 11.6 Å². The fourth-order valence-electron chi connectivity index (χ4n) is 3.94. The van der Waals surface area contributed by atoms with E-state index >= 15 is 0 Å². The summed E-state index contributed by atoms with van der Waals surface area (Å²) in [5, 5.41) is 4.76. The zero-order chi connectivity index (χ0) is 20.6. The zero-order valence-electron chi connectivity index (χ0n) is 16.4. The highest BCUT2D eigenvalue weighted by Crippen LogP contribution is 2.22. The Hall–Kier alpha value is -2.72. The van der Waals surface area contributed by atoms with E-state index < -0.39 is 10.0 Å². The van der Waals surface area contributed by atoms with Crippen LogP contribution in [-0.2, 0) is 10.0 Å². The number of nitrogens with one attached hydrogen (secondary N) is 1. The van der Waals surface area contributed by atoms with Crippen molar-refractivity contribution >= 4 is 27.0 Å². The molecule has 0 unspecified atom stereocenters. The van der Waals surface area contributed by atoms with Gasteiger partial charge in [0.25, 0.3) is 5.56 Å². The topological polar surface area (TPSA) is 104 Å². The first-order chi connectivity index (χ1) is 13.9. The quantitative estimate of drug-likeness (QED) is 0.673. The number of aromatic amines is 1. The summed E-state index contributed by atoms with van der Waals surface area (Å²) in [5.41, 5.74) is 1.10. The molecule has 4 rings (SSSR count). The summed E-state index contributed by atoms with van der Waals surface area (Å²) in [6.07, 6.45) is 4.14. The number of hydrogen-bond acceptors (Lipinski definition) is 6. The van der Waals surface area contributed by atoms with E-state index in [9.17, 15) is 13.2 Å². The number of aromatic nitrogens is 4. The molecule has 1 aliphatic heterocycles. The maximum absolute atomic E-state index is 12.6. The molecule has 0 bridgehead atoms. The van der Waals surface area contributed by atoms with Crippen LogP contribution in [0.3, 0.4) is 0 Å². The first-order valence-electron chi connectivity index (χ1n) is 9.63. The maximum atomic E-state index is 12.6. The molecule has 1 fully saturated rings. The molecule has 0 amide bonds. The van der Waals surface area contributed by atoms with Gasteiger partial charge in [0.2, 0.25) is 16.0 Å². The zero-order valence-corrected chi connectivity index (χ0v) is 17.3. The second-order valence-electron chi connectivity index (χ2n) is 7.20. The normalized spacial score (nSPS) is 16.0. The Kier molecular flexibility index (Phi) is 5.13.